The molecular weight excluding hydrogens is 158 g/mol. The Morgan fingerprint density at radius 1 is 1.89 bits per heavy atom. The third-order valence-electron chi connectivity index (χ3n) is 0.851. The van der Waals surface area contributed by atoms with Crippen molar-refractivity contribution in [3.63, 3.8) is 0 Å². The van der Waals surface area contributed by atoms with E-state index in [-0.39, 0.29) is 0 Å². The number of aliphatic hydroxyl groups is 1. The van der Waals surface area contributed by atoms with Crippen LogP contribution in [0.15, 0.2) is 5.38 Å². The minimum atomic E-state index is -0.498. The number of hydrogen-bond acceptors (Lipinski definition) is 3. The monoisotopic (exact) mass is 163 g/mol. The van der Waals surface area contributed by atoms with Crippen molar-refractivity contribution < 1.29 is 5.11 Å². The molecule has 1 heterocycles. The maximum atomic E-state index is 8.93. The summed E-state index contributed by atoms with van der Waals surface area (Å²) < 4.78 is 0. The highest BCUT2D eigenvalue weighted by molar-refractivity contribution is 7.10. The summed E-state index contributed by atoms with van der Waals surface area (Å²) >= 11 is 6.86. The van der Waals surface area contributed by atoms with Crippen LogP contribution in [0, 0.1) is 0 Å². The summed E-state index contributed by atoms with van der Waals surface area (Å²) in [7, 11) is 0. The molecule has 2 nitrogen and oxygen atoms in total. The minimum absolute atomic E-state index is 0.455. The molecule has 0 aliphatic rings. The van der Waals surface area contributed by atoms with Gasteiger partial charge in [-0.05, 0) is 6.92 Å². The predicted molar refractivity (Wildman–Crippen MR) is 37.8 cm³/mol. The summed E-state index contributed by atoms with van der Waals surface area (Å²) in [6, 6.07) is 0. The second-order valence-corrected chi connectivity index (χ2v) is 2.96. The van der Waals surface area contributed by atoms with Crippen molar-refractivity contribution in [3.05, 3.63) is 15.5 Å². The molecule has 1 aromatic heterocycles. The first-order chi connectivity index (χ1) is 4.20. The maximum absolute atomic E-state index is 8.93. The van der Waals surface area contributed by atoms with Crippen LogP contribution in [-0.4, -0.2) is 10.1 Å². The van der Waals surface area contributed by atoms with Crippen molar-refractivity contribution >= 4 is 22.9 Å². The molecule has 0 saturated heterocycles. The van der Waals surface area contributed by atoms with Crippen LogP contribution >= 0.6 is 22.9 Å². The van der Waals surface area contributed by atoms with Crippen molar-refractivity contribution in [1.82, 2.24) is 4.98 Å². The summed E-state index contributed by atoms with van der Waals surface area (Å²) in [5.74, 6) is 0. The summed E-state index contributed by atoms with van der Waals surface area (Å²) in [5, 5.41) is 11.7. The van der Waals surface area contributed by atoms with Crippen molar-refractivity contribution in [2.75, 3.05) is 0 Å². The van der Waals surface area contributed by atoms with Gasteiger partial charge in [-0.25, -0.2) is 4.98 Å². The Labute approximate surface area is 62.1 Å². The van der Waals surface area contributed by atoms with E-state index >= 15 is 0 Å². The van der Waals surface area contributed by atoms with E-state index in [0.29, 0.717) is 10.2 Å². The topological polar surface area (TPSA) is 33.1 Å². The molecule has 0 aromatic carbocycles. The van der Waals surface area contributed by atoms with Gasteiger partial charge in [-0.1, -0.05) is 11.6 Å². The van der Waals surface area contributed by atoms with Crippen LogP contribution in [0.5, 0.6) is 0 Å². The van der Waals surface area contributed by atoms with Gasteiger partial charge in [0.25, 0.3) is 0 Å². The highest BCUT2D eigenvalue weighted by Crippen LogP contribution is 2.19. The van der Waals surface area contributed by atoms with E-state index in [4.69, 9.17) is 16.7 Å². The van der Waals surface area contributed by atoms with E-state index in [1.807, 2.05) is 0 Å². The molecule has 0 bridgehead atoms. The fourth-order valence-corrected chi connectivity index (χ4v) is 1.35. The number of aromatic nitrogens is 1. The van der Waals surface area contributed by atoms with Gasteiger partial charge in [0.05, 0.1) is 0 Å². The number of aliphatic hydroxyl groups excluding tert-OH is 1. The number of nitrogens with zero attached hydrogens (tertiary/aromatic N) is 1. The molecule has 0 aliphatic heterocycles. The standard InChI is InChI=1S/C5H6ClNOS/c1-3(8)5-7-4(6)2-9-5/h2-3,8H,1H3. The Hall–Kier alpha value is -0.120. The number of halogens is 1. The Kier molecular flexibility index (Phi) is 2.05. The molecule has 0 aliphatic carbocycles. The van der Waals surface area contributed by atoms with E-state index in [2.05, 4.69) is 4.98 Å². The number of hydrogen-bond donors (Lipinski definition) is 1. The smallest absolute Gasteiger partial charge is 0.140 e. The SMILES string of the molecule is CC(O)c1nc(Cl)cs1. The second kappa shape index (κ2) is 2.64. The molecule has 0 amide bonds. The minimum Gasteiger partial charge on any atom is -0.386 e. The highest BCUT2D eigenvalue weighted by atomic mass is 35.5. The first-order valence-electron chi connectivity index (χ1n) is 2.49. The third kappa shape index (κ3) is 1.64. The lowest BCUT2D eigenvalue weighted by molar-refractivity contribution is 0.199. The average molecular weight is 164 g/mol. The fraction of sp³-hybridized carbons (Fsp3) is 0.400. The Morgan fingerprint density at radius 3 is 2.78 bits per heavy atom. The first kappa shape index (κ1) is 6.99. The van der Waals surface area contributed by atoms with Gasteiger partial charge in [-0.3, -0.25) is 0 Å². The van der Waals surface area contributed by atoms with Gasteiger partial charge in [0.15, 0.2) is 0 Å². The quantitative estimate of drug-likeness (QED) is 0.686. The summed E-state index contributed by atoms with van der Waals surface area (Å²) in [5.41, 5.74) is 0. The van der Waals surface area contributed by atoms with Crippen LogP contribution in [0.25, 0.3) is 0 Å². The van der Waals surface area contributed by atoms with Crippen LogP contribution in [0.3, 0.4) is 0 Å². The van der Waals surface area contributed by atoms with Crippen LogP contribution in [-0.2, 0) is 0 Å². The predicted octanol–water partition coefficient (Wildman–Crippen LogP) is 1.85. The van der Waals surface area contributed by atoms with Gasteiger partial charge in [-0.2, -0.15) is 0 Å². The molecule has 1 rings (SSSR count). The van der Waals surface area contributed by atoms with Gasteiger partial charge < -0.3 is 5.11 Å². The molecule has 9 heavy (non-hydrogen) atoms. The van der Waals surface area contributed by atoms with E-state index in [9.17, 15) is 0 Å². The largest absolute Gasteiger partial charge is 0.386 e. The molecule has 0 radical (unpaired) electrons. The van der Waals surface area contributed by atoms with Crippen molar-refractivity contribution in [1.29, 1.82) is 0 Å². The Bertz CT molecular complexity index is 199. The number of thiazole rings is 1. The Balaban J connectivity index is 2.85. The van der Waals surface area contributed by atoms with E-state index in [0.717, 1.165) is 0 Å². The molecule has 0 fully saturated rings. The lowest BCUT2D eigenvalue weighted by Crippen LogP contribution is -1.87. The van der Waals surface area contributed by atoms with Crippen LogP contribution < -0.4 is 0 Å². The third-order valence-corrected chi connectivity index (χ3v) is 2.19. The summed E-state index contributed by atoms with van der Waals surface area (Å²) in [6.07, 6.45) is -0.498. The molecule has 4 heteroatoms. The van der Waals surface area contributed by atoms with Crippen molar-refractivity contribution in [2.45, 2.75) is 13.0 Å². The summed E-state index contributed by atoms with van der Waals surface area (Å²) in [6.45, 7) is 1.66. The van der Waals surface area contributed by atoms with Crippen LogP contribution in [0.4, 0.5) is 0 Å². The van der Waals surface area contributed by atoms with Crippen LogP contribution in [0.1, 0.15) is 18.0 Å². The van der Waals surface area contributed by atoms with Gasteiger partial charge in [0.1, 0.15) is 16.3 Å². The molecule has 1 aromatic rings. The zero-order chi connectivity index (χ0) is 6.85. The van der Waals surface area contributed by atoms with E-state index in [1.54, 1.807) is 12.3 Å². The van der Waals surface area contributed by atoms with Crippen LogP contribution in [0.2, 0.25) is 5.15 Å². The van der Waals surface area contributed by atoms with Gasteiger partial charge >= 0.3 is 0 Å². The molecule has 1 N–H and O–H groups in total. The summed E-state index contributed by atoms with van der Waals surface area (Å²) in [4.78, 5) is 3.84. The molecule has 50 valence electrons. The zero-order valence-corrected chi connectivity index (χ0v) is 6.41. The zero-order valence-electron chi connectivity index (χ0n) is 4.84. The Morgan fingerprint density at radius 2 is 2.56 bits per heavy atom. The highest BCUT2D eigenvalue weighted by Gasteiger charge is 2.03. The number of rotatable bonds is 1. The first-order valence-corrected chi connectivity index (χ1v) is 3.75. The lowest BCUT2D eigenvalue weighted by Gasteiger charge is -1.93. The average Bonchev–Trinajstić information content (AvgIpc) is 2.14. The molecule has 1 unspecified atom stereocenters. The van der Waals surface area contributed by atoms with Crippen molar-refractivity contribution in [2.24, 2.45) is 0 Å². The normalized spacial score (nSPS) is 13.7. The van der Waals surface area contributed by atoms with Gasteiger partial charge in [0, 0.05) is 5.38 Å². The molecule has 0 saturated carbocycles. The molecular formula is C5H6ClNOS. The van der Waals surface area contributed by atoms with E-state index < -0.39 is 6.10 Å². The van der Waals surface area contributed by atoms with Gasteiger partial charge in [0.2, 0.25) is 0 Å². The maximum Gasteiger partial charge on any atom is 0.140 e. The van der Waals surface area contributed by atoms with Crippen molar-refractivity contribution in [3.8, 4) is 0 Å². The second-order valence-electron chi connectivity index (χ2n) is 1.68. The van der Waals surface area contributed by atoms with Gasteiger partial charge in [-0.15, -0.1) is 11.3 Å². The lowest BCUT2D eigenvalue weighted by atomic mass is 10.4. The molecule has 0 spiro atoms. The fourth-order valence-electron chi connectivity index (χ4n) is 0.459. The molecule has 1 atom stereocenters. The van der Waals surface area contributed by atoms with E-state index in [1.165, 1.54) is 11.3 Å².